The van der Waals surface area contributed by atoms with Gasteiger partial charge in [-0.2, -0.15) is 0 Å². The van der Waals surface area contributed by atoms with Crippen molar-refractivity contribution in [2.24, 2.45) is 5.73 Å². The van der Waals surface area contributed by atoms with Crippen molar-refractivity contribution < 1.29 is 14.3 Å². The van der Waals surface area contributed by atoms with E-state index in [-0.39, 0.29) is 17.9 Å². The summed E-state index contributed by atoms with van der Waals surface area (Å²) in [6.45, 7) is 6.15. The Bertz CT molecular complexity index is 748. The molecular weight excluding hydrogens is 304 g/mol. The lowest BCUT2D eigenvalue weighted by molar-refractivity contribution is -0.118. The van der Waals surface area contributed by atoms with Crippen molar-refractivity contribution in [1.82, 2.24) is 0 Å². The number of para-hydroxylation sites is 1. The first-order valence-corrected chi connectivity index (χ1v) is 7.69. The zero-order chi connectivity index (χ0) is 17.7. The molecule has 0 atom stereocenters. The van der Waals surface area contributed by atoms with Crippen LogP contribution in [0.4, 0.5) is 5.69 Å². The van der Waals surface area contributed by atoms with E-state index in [4.69, 9.17) is 10.5 Å². The molecule has 0 spiro atoms. The van der Waals surface area contributed by atoms with E-state index in [9.17, 15) is 9.59 Å². The quantitative estimate of drug-likeness (QED) is 0.886. The molecule has 0 aliphatic carbocycles. The van der Waals surface area contributed by atoms with E-state index in [1.54, 1.807) is 18.2 Å². The Morgan fingerprint density at radius 1 is 1.08 bits per heavy atom. The summed E-state index contributed by atoms with van der Waals surface area (Å²) in [6, 6.07) is 14.1. The van der Waals surface area contributed by atoms with E-state index >= 15 is 0 Å². The van der Waals surface area contributed by atoms with Crippen molar-refractivity contribution in [3.8, 4) is 5.75 Å². The highest BCUT2D eigenvalue weighted by molar-refractivity contribution is 5.96. The molecule has 0 unspecified atom stereocenters. The third kappa shape index (κ3) is 4.59. The van der Waals surface area contributed by atoms with Crippen molar-refractivity contribution in [3.63, 3.8) is 0 Å². The van der Waals surface area contributed by atoms with Crippen LogP contribution in [0, 0.1) is 0 Å². The maximum Gasteiger partial charge on any atom is 0.262 e. The predicted octanol–water partition coefficient (Wildman–Crippen LogP) is 3.10. The van der Waals surface area contributed by atoms with Gasteiger partial charge >= 0.3 is 0 Å². The summed E-state index contributed by atoms with van der Waals surface area (Å²) >= 11 is 0. The van der Waals surface area contributed by atoms with Crippen LogP contribution in [0.25, 0.3) is 0 Å². The molecule has 0 saturated carbocycles. The molecule has 0 aliphatic rings. The molecule has 2 rings (SSSR count). The van der Waals surface area contributed by atoms with Gasteiger partial charge in [0.1, 0.15) is 5.75 Å². The molecule has 0 fully saturated rings. The van der Waals surface area contributed by atoms with Gasteiger partial charge in [0, 0.05) is 11.3 Å². The van der Waals surface area contributed by atoms with E-state index in [0.29, 0.717) is 17.0 Å². The highest BCUT2D eigenvalue weighted by Crippen LogP contribution is 2.30. The Balaban J connectivity index is 2.02. The van der Waals surface area contributed by atoms with E-state index in [2.05, 4.69) is 26.1 Å². The predicted molar refractivity (Wildman–Crippen MR) is 94.2 cm³/mol. The fourth-order valence-electron chi connectivity index (χ4n) is 2.30. The summed E-state index contributed by atoms with van der Waals surface area (Å²) in [7, 11) is 0. The lowest BCUT2D eigenvalue weighted by Gasteiger charge is -2.22. The van der Waals surface area contributed by atoms with Crippen LogP contribution in [0.1, 0.15) is 36.7 Å². The van der Waals surface area contributed by atoms with Crippen LogP contribution in [0.5, 0.6) is 5.75 Å². The molecule has 0 bridgehead atoms. The Morgan fingerprint density at radius 3 is 2.46 bits per heavy atom. The first-order valence-electron chi connectivity index (χ1n) is 7.69. The molecule has 0 aliphatic heterocycles. The molecule has 126 valence electrons. The number of anilines is 1. The highest BCUT2D eigenvalue weighted by Gasteiger charge is 2.18. The first-order chi connectivity index (χ1) is 11.3. The monoisotopic (exact) mass is 326 g/mol. The molecular formula is C19H22N2O3. The first kappa shape index (κ1) is 17.5. The number of amides is 2. The maximum atomic E-state index is 12.1. The Hall–Kier alpha value is -2.82. The molecule has 0 saturated heterocycles. The fraction of sp³-hybridized carbons (Fsp3) is 0.263. The molecule has 2 aromatic rings. The van der Waals surface area contributed by atoms with Gasteiger partial charge in [0.25, 0.3) is 5.91 Å². The lowest BCUT2D eigenvalue weighted by Crippen LogP contribution is -2.22. The number of hydrogen-bond donors (Lipinski definition) is 2. The van der Waals surface area contributed by atoms with Gasteiger partial charge in [0.2, 0.25) is 5.91 Å². The molecule has 5 nitrogen and oxygen atoms in total. The second-order valence-electron chi connectivity index (χ2n) is 6.53. The van der Waals surface area contributed by atoms with Gasteiger partial charge < -0.3 is 15.8 Å². The normalized spacial score (nSPS) is 11.0. The molecule has 0 aromatic heterocycles. The largest absolute Gasteiger partial charge is 0.483 e. The van der Waals surface area contributed by atoms with Gasteiger partial charge in [0.05, 0.1) is 0 Å². The lowest BCUT2D eigenvalue weighted by atomic mass is 9.86. The van der Waals surface area contributed by atoms with Crippen LogP contribution in [0.15, 0.2) is 48.5 Å². The van der Waals surface area contributed by atoms with Crippen LogP contribution in [-0.2, 0) is 10.2 Å². The molecule has 2 amide bonds. The Kier molecular flexibility index (Phi) is 5.24. The smallest absolute Gasteiger partial charge is 0.262 e. The number of benzene rings is 2. The minimum absolute atomic E-state index is 0.0805. The molecule has 0 radical (unpaired) electrons. The zero-order valence-electron chi connectivity index (χ0n) is 14.1. The summed E-state index contributed by atoms with van der Waals surface area (Å²) in [4.78, 5) is 23.2. The Morgan fingerprint density at radius 2 is 1.79 bits per heavy atom. The number of carbonyl (C=O) groups excluding carboxylic acids is 2. The summed E-state index contributed by atoms with van der Waals surface area (Å²) in [5.74, 6) is -0.159. The summed E-state index contributed by atoms with van der Waals surface area (Å²) in [6.07, 6.45) is 0. The zero-order valence-corrected chi connectivity index (χ0v) is 14.1. The number of nitrogens with two attached hydrogens (primary N) is 1. The molecule has 24 heavy (non-hydrogen) atoms. The van der Waals surface area contributed by atoms with Crippen molar-refractivity contribution in [2.45, 2.75) is 26.2 Å². The van der Waals surface area contributed by atoms with Gasteiger partial charge in [-0.1, -0.05) is 45.0 Å². The average molecular weight is 326 g/mol. The fourth-order valence-corrected chi connectivity index (χ4v) is 2.30. The van der Waals surface area contributed by atoms with Gasteiger partial charge in [-0.3, -0.25) is 9.59 Å². The van der Waals surface area contributed by atoms with Crippen LogP contribution in [0.3, 0.4) is 0 Å². The number of ether oxygens (including phenoxy) is 1. The van der Waals surface area contributed by atoms with Crippen LogP contribution in [-0.4, -0.2) is 18.4 Å². The maximum absolute atomic E-state index is 12.1. The van der Waals surface area contributed by atoms with Crippen LogP contribution < -0.4 is 15.8 Å². The molecule has 3 N–H and O–H groups in total. The van der Waals surface area contributed by atoms with Crippen molar-refractivity contribution in [3.05, 3.63) is 59.7 Å². The van der Waals surface area contributed by atoms with E-state index in [1.807, 2.05) is 24.3 Å². The van der Waals surface area contributed by atoms with Crippen molar-refractivity contribution in [2.75, 3.05) is 11.9 Å². The van der Waals surface area contributed by atoms with Crippen LogP contribution in [0.2, 0.25) is 0 Å². The minimum atomic E-state index is -0.540. The number of hydrogen-bond acceptors (Lipinski definition) is 3. The van der Waals surface area contributed by atoms with Crippen LogP contribution >= 0.6 is 0 Å². The minimum Gasteiger partial charge on any atom is -0.483 e. The van der Waals surface area contributed by atoms with E-state index in [1.165, 1.54) is 6.07 Å². The number of primary amides is 1. The number of rotatable bonds is 5. The number of carbonyl (C=O) groups is 2. The summed E-state index contributed by atoms with van der Waals surface area (Å²) < 4.78 is 5.67. The van der Waals surface area contributed by atoms with Gasteiger partial charge in [-0.25, -0.2) is 0 Å². The Labute approximate surface area is 141 Å². The van der Waals surface area contributed by atoms with Gasteiger partial charge in [-0.05, 0) is 35.2 Å². The van der Waals surface area contributed by atoms with Crippen molar-refractivity contribution in [1.29, 1.82) is 0 Å². The molecule has 0 heterocycles. The van der Waals surface area contributed by atoms with E-state index < -0.39 is 5.91 Å². The SMILES string of the molecule is CC(C)(C)c1ccccc1OCC(=O)Nc1cccc(C(N)=O)c1. The van der Waals surface area contributed by atoms with Gasteiger partial charge in [-0.15, -0.1) is 0 Å². The van der Waals surface area contributed by atoms with E-state index in [0.717, 1.165) is 5.56 Å². The summed E-state index contributed by atoms with van der Waals surface area (Å²) in [5, 5.41) is 2.69. The third-order valence-electron chi connectivity index (χ3n) is 3.48. The van der Waals surface area contributed by atoms with Gasteiger partial charge in [0.15, 0.2) is 6.61 Å². The summed E-state index contributed by atoms with van der Waals surface area (Å²) in [5.41, 5.74) is 7.03. The average Bonchev–Trinajstić information content (AvgIpc) is 2.52. The number of nitrogens with one attached hydrogen (secondary N) is 1. The third-order valence-corrected chi connectivity index (χ3v) is 3.48. The van der Waals surface area contributed by atoms with Crippen molar-refractivity contribution >= 4 is 17.5 Å². The standard InChI is InChI=1S/C19H22N2O3/c1-19(2,3)15-9-4-5-10-16(15)24-12-17(22)21-14-8-6-7-13(11-14)18(20)23/h4-11H,12H2,1-3H3,(H2,20,23)(H,21,22). The highest BCUT2D eigenvalue weighted by atomic mass is 16.5. The molecule has 5 heteroatoms. The second kappa shape index (κ2) is 7.17. The molecule has 2 aromatic carbocycles. The topological polar surface area (TPSA) is 81.4 Å². The second-order valence-corrected chi connectivity index (χ2v) is 6.53.